The van der Waals surface area contributed by atoms with Crippen molar-refractivity contribution in [2.24, 2.45) is 5.92 Å². The summed E-state index contributed by atoms with van der Waals surface area (Å²) in [4.78, 5) is 12.5. The minimum absolute atomic E-state index is 0.145. The monoisotopic (exact) mass is 702 g/mol. The maximum Gasteiger partial charge on any atom is 0.417 e. The molecule has 0 bridgehead atoms. The summed E-state index contributed by atoms with van der Waals surface area (Å²) in [6.07, 6.45) is -14.9. The molecule has 0 aliphatic heterocycles. The van der Waals surface area contributed by atoms with Crippen LogP contribution in [0.25, 0.3) is 5.83 Å². The van der Waals surface area contributed by atoms with Gasteiger partial charge in [-0.15, -0.1) is 0 Å². The number of hydrogen-bond donors (Lipinski definition) is 0. The van der Waals surface area contributed by atoms with Crippen molar-refractivity contribution in [1.82, 2.24) is 0 Å². The Morgan fingerprint density at radius 1 is 0.947 bits per heavy atom. The molecule has 1 unspecified atom stereocenters. The van der Waals surface area contributed by atoms with Crippen LogP contribution in [0.2, 0.25) is 0 Å². The molecule has 0 heterocycles. The van der Waals surface area contributed by atoms with Crippen LogP contribution in [0.15, 0.2) is 51.4 Å². The summed E-state index contributed by atoms with van der Waals surface area (Å²) in [6.45, 7) is 1.39. The Morgan fingerprint density at radius 3 is 2.11 bits per heavy atom. The largest absolute Gasteiger partial charge is 0.417 e. The molecule has 210 valence electrons. The smallest absolute Gasteiger partial charge is 0.294 e. The van der Waals surface area contributed by atoms with Crippen LogP contribution in [-0.2, 0) is 6.18 Å². The van der Waals surface area contributed by atoms with Crippen LogP contribution in [0.5, 0.6) is 0 Å². The van der Waals surface area contributed by atoms with Gasteiger partial charge >= 0.3 is 18.5 Å². The van der Waals surface area contributed by atoms with Crippen molar-refractivity contribution in [1.29, 1.82) is 0 Å². The van der Waals surface area contributed by atoms with Crippen LogP contribution in [0.1, 0.15) is 46.3 Å². The van der Waals surface area contributed by atoms with Gasteiger partial charge in [-0.3, -0.25) is 4.79 Å². The Bertz CT molecular complexity index is 1170. The molecule has 0 saturated carbocycles. The highest BCUT2D eigenvalue weighted by atomic mass is 79.9. The molecule has 0 spiro atoms. The van der Waals surface area contributed by atoms with E-state index in [0.29, 0.717) is 22.3 Å². The van der Waals surface area contributed by atoms with E-state index in [0.717, 1.165) is 18.2 Å². The van der Waals surface area contributed by atoms with Crippen LogP contribution >= 0.6 is 43.6 Å². The Balaban J connectivity index is 2.38. The summed E-state index contributed by atoms with van der Waals surface area (Å²) in [5.74, 6) is -7.15. The first-order chi connectivity index (χ1) is 17.3. The molecule has 0 aliphatic carbocycles. The van der Waals surface area contributed by atoms with Crippen LogP contribution in [0, 0.1) is 5.92 Å². The van der Waals surface area contributed by atoms with Crippen molar-refractivity contribution in [3.8, 4) is 0 Å². The normalized spacial score (nSPS) is 14.9. The topological polar surface area (TPSA) is 17.1 Å². The summed E-state index contributed by atoms with van der Waals surface area (Å²) in [5, 5.41) is 0. The number of alkyl halides is 9. The number of ketones is 1. The Kier molecular flexibility index (Phi) is 11.0. The molecule has 0 radical (unpaired) electrons. The van der Waals surface area contributed by atoms with Crippen LogP contribution in [0.3, 0.4) is 0 Å². The zero-order valence-corrected chi connectivity index (χ0v) is 23.2. The van der Waals surface area contributed by atoms with Crippen LogP contribution < -0.4 is 0 Å². The first-order valence-corrected chi connectivity index (χ1v) is 13.3. The highest BCUT2D eigenvalue weighted by molar-refractivity contribution is 9.13. The van der Waals surface area contributed by atoms with Gasteiger partial charge in [-0.05, 0) is 73.4 Å². The lowest BCUT2D eigenvalue weighted by atomic mass is 9.93. The summed E-state index contributed by atoms with van der Waals surface area (Å²) in [5.41, 5.74) is -3.62. The minimum atomic E-state index is -5.16. The number of carbonyl (C=O) groups excluding carboxylic acids is 1. The maximum absolute atomic E-state index is 14.9. The molecular formula is C24H18Br2F10OS. The minimum Gasteiger partial charge on any atom is -0.294 e. The first kappa shape index (κ1) is 32.7. The Morgan fingerprint density at radius 2 is 1.58 bits per heavy atom. The number of Topliss-reactive ketones (excluding diaryl/α,β-unsaturated/α-hetero) is 1. The maximum atomic E-state index is 14.9. The fourth-order valence-corrected chi connectivity index (χ4v) is 4.87. The van der Waals surface area contributed by atoms with Gasteiger partial charge in [-0.1, -0.05) is 25.1 Å². The third-order valence-electron chi connectivity index (χ3n) is 5.07. The lowest BCUT2D eigenvalue weighted by Gasteiger charge is -2.19. The molecular weight excluding hydrogens is 686 g/mol. The van der Waals surface area contributed by atoms with Gasteiger partial charge in [0.1, 0.15) is 11.7 Å². The van der Waals surface area contributed by atoms with E-state index < -0.39 is 70.8 Å². The lowest BCUT2D eigenvalue weighted by molar-refractivity contribution is -0.140. The predicted octanol–water partition coefficient (Wildman–Crippen LogP) is 10.4. The first-order valence-electron chi connectivity index (χ1n) is 10.6. The summed E-state index contributed by atoms with van der Waals surface area (Å²) in [7, 11) is 0. The number of benzene rings is 2. The van der Waals surface area contributed by atoms with Gasteiger partial charge in [0.15, 0.2) is 5.78 Å². The SMILES string of the molecule is C[C@H](CSCC(F)(F)F)CC(=O)c1ccc(/C(F)=C/C(c2ccc(Br)c(Br)c2)C(F)(F)F)cc1C(F)(F)F. The van der Waals surface area contributed by atoms with Crippen molar-refractivity contribution >= 4 is 55.2 Å². The van der Waals surface area contributed by atoms with Gasteiger partial charge in [0.25, 0.3) is 0 Å². The average molecular weight is 704 g/mol. The summed E-state index contributed by atoms with van der Waals surface area (Å²) in [6, 6.07) is 5.10. The molecule has 1 nitrogen and oxygen atoms in total. The standard InChI is InChI=1S/C24H18Br2F10OS/c1-12(10-38-11-22(28,29)30)6-21(37)15-4-2-14(7-17(15)24(34,35)36)20(27)9-16(23(31,32)33)13-3-5-18(25)19(26)8-13/h2-5,7-9,12,16H,6,10-11H2,1H3/b20-9-/t12-,16?/m0/s1. The molecule has 38 heavy (non-hydrogen) atoms. The summed E-state index contributed by atoms with van der Waals surface area (Å²) >= 11 is 6.62. The number of allylic oxidation sites excluding steroid dienone is 1. The van der Waals surface area contributed by atoms with Crippen molar-refractivity contribution in [2.45, 2.75) is 37.8 Å². The van der Waals surface area contributed by atoms with E-state index in [-0.39, 0.29) is 27.9 Å². The van der Waals surface area contributed by atoms with Crippen molar-refractivity contribution in [3.05, 3.63) is 73.7 Å². The van der Waals surface area contributed by atoms with Crippen molar-refractivity contribution in [3.63, 3.8) is 0 Å². The highest BCUT2D eigenvalue weighted by Crippen LogP contribution is 2.41. The Labute approximate surface area is 232 Å². The molecule has 0 N–H and O–H groups in total. The van der Waals surface area contributed by atoms with E-state index in [9.17, 15) is 48.7 Å². The zero-order valence-electron chi connectivity index (χ0n) is 19.2. The van der Waals surface area contributed by atoms with Gasteiger partial charge in [0, 0.05) is 26.5 Å². The van der Waals surface area contributed by atoms with Gasteiger partial charge in [-0.2, -0.15) is 51.3 Å². The van der Waals surface area contributed by atoms with Gasteiger partial charge in [0.05, 0.1) is 11.3 Å². The van der Waals surface area contributed by atoms with Crippen molar-refractivity contribution < 1.29 is 48.7 Å². The van der Waals surface area contributed by atoms with E-state index in [1.165, 1.54) is 13.0 Å². The van der Waals surface area contributed by atoms with E-state index in [2.05, 4.69) is 31.9 Å². The second kappa shape index (κ2) is 12.8. The average Bonchev–Trinajstić information content (AvgIpc) is 2.76. The third-order valence-corrected chi connectivity index (χ3v) is 8.29. The fourth-order valence-electron chi connectivity index (χ4n) is 3.36. The quantitative estimate of drug-likeness (QED) is 0.191. The molecule has 2 aromatic rings. The van der Waals surface area contributed by atoms with E-state index in [1.54, 1.807) is 0 Å². The second-order valence-corrected chi connectivity index (χ2v) is 11.1. The number of carbonyl (C=O) groups is 1. The number of thioether (sulfide) groups is 1. The molecule has 0 aliphatic rings. The van der Waals surface area contributed by atoms with Gasteiger partial charge in [-0.25, -0.2) is 4.39 Å². The molecule has 0 saturated heterocycles. The summed E-state index contributed by atoms with van der Waals surface area (Å²) < 4.78 is 135. The number of rotatable bonds is 9. The van der Waals surface area contributed by atoms with Crippen LogP contribution in [0.4, 0.5) is 43.9 Å². The lowest BCUT2D eigenvalue weighted by Crippen LogP contribution is -2.19. The second-order valence-electron chi connectivity index (χ2n) is 8.33. The van der Waals surface area contributed by atoms with Crippen LogP contribution in [-0.4, -0.2) is 29.6 Å². The molecule has 0 aromatic heterocycles. The molecule has 0 amide bonds. The van der Waals surface area contributed by atoms with E-state index in [4.69, 9.17) is 0 Å². The van der Waals surface area contributed by atoms with Crippen molar-refractivity contribution in [2.75, 3.05) is 11.5 Å². The number of hydrogen-bond acceptors (Lipinski definition) is 2. The zero-order chi connectivity index (χ0) is 29.1. The Hall–Kier alpha value is -1.54. The molecule has 14 heteroatoms. The van der Waals surface area contributed by atoms with E-state index in [1.807, 2.05) is 0 Å². The number of halogens is 12. The molecule has 0 fully saturated rings. The molecule has 2 rings (SSSR count). The molecule has 2 atom stereocenters. The van der Waals surface area contributed by atoms with Gasteiger partial charge in [0.2, 0.25) is 0 Å². The third kappa shape index (κ3) is 9.58. The van der Waals surface area contributed by atoms with Gasteiger partial charge < -0.3 is 0 Å². The predicted molar refractivity (Wildman–Crippen MR) is 133 cm³/mol. The van der Waals surface area contributed by atoms with E-state index >= 15 is 0 Å². The fraction of sp³-hybridized carbons (Fsp3) is 0.375. The highest BCUT2D eigenvalue weighted by Gasteiger charge is 2.40. The molecule has 2 aromatic carbocycles.